The van der Waals surface area contributed by atoms with Gasteiger partial charge in [-0.05, 0) is 30.3 Å². The van der Waals surface area contributed by atoms with Crippen LogP contribution in [0.4, 0.5) is 0 Å². The van der Waals surface area contributed by atoms with Gasteiger partial charge in [-0.3, -0.25) is 4.98 Å². The number of nitrogens with zero attached hydrogens (tertiary/aromatic N) is 2. The van der Waals surface area contributed by atoms with E-state index in [0.717, 1.165) is 22.4 Å². The first kappa shape index (κ1) is 9.36. The molecule has 16 heavy (non-hydrogen) atoms. The van der Waals surface area contributed by atoms with Crippen LogP contribution in [0.1, 0.15) is 0 Å². The molecule has 2 heterocycles. The van der Waals surface area contributed by atoms with E-state index in [0.29, 0.717) is 5.02 Å². The van der Waals surface area contributed by atoms with Gasteiger partial charge in [0.05, 0.1) is 11.0 Å². The fourth-order valence-electron chi connectivity index (χ4n) is 1.63. The third-order valence-corrected chi connectivity index (χ3v) is 2.63. The van der Waals surface area contributed by atoms with Gasteiger partial charge in [0, 0.05) is 23.0 Å². The van der Waals surface area contributed by atoms with E-state index in [9.17, 15) is 0 Å². The zero-order chi connectivity index (χ0) is 11.0. The number of aromatic amines is 1. The highest BCUT2D eigenvalue weighted by atomic mass is 35.5. The standard InChI is InChI=1S/C12H8ClN3/c13-9-1-2-10-11(7-9)16-12(15-10)8-3-5-14-6-4-8/h1-7H,(H,15,16). The first-order valence-corrected chi connectivity index (χ1v) is 5.26. The first-order chi connectivity index (χ1) is 7.83. The maximum Gasteiger partial charge on any atom is 0.138 e. The number of imidazole rings is 1. The molecule has 0 saturated heterocycles. The van der Waals surface area contributed by atoms with E-state index in [4.69, 9.17) is 11.6 Å². The van der Waals surface area contributed by atoms with Crippen LogP contribution in [0.2, 0.25) is 5.02 Å². The van der Waals surface area contributed by atoms with Crippen LogP contribution in [0.5, 0.6) is 0 Å². The number of H-pyrrole nitrogens is 1. The number of aromatic nitrogens is 3. The summed E-state index contributed by atoms with van der Waals surface area (Å²) in [7, 11) is 0. The second-order valence-corrected chi connectivity index (χ2v) is 3.92. The van der Waals surface area contributed by atoms with E-state index in [-0.39, 0.29) is 0 Å². The van der Waals surface area contributed by atoms with Crippen LogP contribution in [0.25, 0.3) is 22.4 Å². The highest BCUT2D eigenvalue weighted by Crippen LogP contribution is 2.22. The van der Waals surface area contributed by atoms with Crippen LogP contribution >= 0.6 is 11.6 Å². The van der Waals surface area contributed by atoms with Gasteiger partial charge in [-0.1, -0.05) is 11.6 Å². The highest BCUT2D eigenvalue weighted by Gasteiger charge is 2.04. The van der Waals surface area contributed by atoms with Crippen molar-refractivity contribution >= 4 is 22.6 Å². The van der Waals surface area contributed by atoms with Gasteiger partial charge < -0.3 is 4.98 Å². The maximum absolute atomic E-state index is 5.92. The largest absolute Gasteiger partial charge is 0.338 e. The summed E-state index contributed by atoms with van der Waals surface area (Å²) < 4.78 is 0. The SMILES string of the molecule is Clc1ccc2nc(-c3ccncc3)[nH]c2c1. The van der Waals surface area contributed by atoms with Gasteiger partial charge >= 0.3 is 0 Å². The molecule has 3 aromatic rings. The third-order valence-electron chi connectivity index (χ3n) is 2.40. The van der Waals surface area contributed by atoms with Gasteiger partial charge in [0.1, 0.15) is 5.82 Å². The molecular formula is C12H8ClN3. The summed E-state index contributed by atoms with van der Waals surface area (Å²) in [6.45, 7) is 0. The Bertz CT molecular complexity index is 631. The Morgan fingerprint density at radius 2 is 1.88 bits per heavy atom. The van der Waals surface area contributed by atoms with Gasteiger partial charge in [-0.2, -0.15) is 0 Å². The molecule has 0 spiro atoms. The van der Waals surface area contributed by atoms with Crippen molar-refractivity contribution in [2.45, 2.75) is 0 Å². The van der Waals surface area contributed by atoms with E-state index < -0.39 is 0 Å². The molecule has 1 N–H and O–H groups in total. The average Bonchev–Trinajstić information content (AvgIpc) is 2.73. The minimum Gasteiger partial charge on any atom is -0.338 e. The molecule has 78 valence electrons. The minimum absolute atomic E-state index is 0.706. The molecule has 0 saturated carbocycles. The molecule has 0 fully saturated rings. The summed E-state index contributed by atoms with van der Waals surface area (Å²) in [5.41, 5.74) is 2.87. The van der Waals surface area contributed by atoms with E-state index in [1.807, 2.05) is 30.3 Å². The van der Waals surface area contributed by atoms with Crippen LogP contribution in [-0.2, 0) is 0 Å². The van der Waals surface area contributed by atoms with Gasteiger partial charge in [0.25, 0.3) is 0 Å². The number of hydrogen-bond donors (Lipinski definition) is 1. The predicted octanol–water partition coefficient (Wildman–Crippen LogP) is 3.28. The van der Waals surface area contributed by atoms with Crippen LogP contribution in [0, 0.1) is 0 Å². The van der Waals surface area contributed by atoms with Gasteiger partial charge in [-0.15, -0.1) is 0 Å². The van der Waals surface area contributed by atoms with E-state index in [1.165, 1.54) is 0 Å². The Morgan fingerprint density at radius 1 is 1.06 bits per heavy atom. The molecular weight excluding hydrogens is 222 g/mol. The maximum atomic E-state index is 5.92. The zero-order valence-corrected chi connectivity index (χ0v) is 9.07. The topological polar surface area (TPSA) is 41.6 Å². The summed E-state index contributed by atoms with van der Waals surface area (Å²) in [6, 6.07) is 9.44. The fraction of sp³-hybridized carbons (Fsp3) is 0. The number of hydrogen-bond acceptors (Lipinski definition) is 2. The molecule has 0 aliphatic rings. The van der Waals surface area contributed by atoms with E-state index in [2.05, 4.69) is 15.0 Å². The Kier molecular flexibility index (Phi) is 2.11. The van der Waals surface area contributed by atoms with Gasteiger partial charge in [-0.25, -0.2) is 4.98 Å². The number of rotatable bonds is 1. The minimum atomic E-state index is 0.706. The Labute approximate surface area is 97.1 Å². The lowest BCUT2D eigenvalue weighted by Gasteiger charge is -1.92. The van der Waals surface area contributed by atoms with Crippen LogP contribution in [0.3, 0.4) is 0 Å². The van der Waals surface area contributed by atoms with Crippen LogP contribution in [-0.4, -0.2) is 15.0 Å². The Balaban J connectivity index is 2.19. The van der Waals surface area contributed by atoms with Crippen molar-refractivity contribution in [2.24, 2.45) is 0 Å². The molecule has 0 atom stereocenters. The van der Waals surface area contributed by atoms with Crippen molar-refractivity contribution in [1.29, 1.82) is 0 Å². The lowest BCUT2D eigenvalue weighted by atomic mass is 10.3. The fourth-order valence-corrected chi connectivity index (χ4v) is 1.80. The van der Waals surface area contributed by atoms with Crippen molar-refractivity contribution in [2.75, 3.05) is 0 Å². The quantitative estimate of drug-likeness (QED) is 0.696. The molecule has 0 aliphatic heterocycles. The number of halogens is 1. The predicted molar refractivity (Wildman–Crippen MR) is 64.3 cm³/mol. The third kappa shape index (κ3) is 1.55. The number of nitrogens with one attached hydrogen (secondary N) is 1. The molecule has 3 nitrogen and oxygen atoms in total. The number of benzene rings is 1. The lowest BCUT2D eigenvalue weighted by Crippen LogP contribution is -1.79. The van der Waals surface area contributed by atoms with E-state index in [1.54, 1.807) is 12.4 Å². The summed E-state index contributed by atoms with van der Waals surface area (Å²) in [5, 5.41) is 0.706. The van der Waals surface area contributed by atoms with Crippen molar-refractivity contribution in [1.82, 2.24) is 15.0 Å². The normalized spacial score (nSPS) is 10.8. The molecule has 0 aliphatic carbocycles. The van der Waals surface area contributed by atoms with E-state index >= 15 is 0 Å². The van der Waals surface area contributed by atoms with Crippen molar-refractivity contribution < 1.29 is 0 Å². The molecule has 3 rings (SSSR count). The molecule has 2 aromatic heterocycles. The average molecular weight is 230 g/mol. The first-order valence-electron chi connectivity index (χ1n) is 4.88. The molecule has 0 radical (unpaired) electrons. The molecule has 0 unspecified atom stereocenters. The van der Waals surface area contributed by atoms with Crippen molar-refractivity contribution in [3.8, 4) is 11.4 Å². The summed E-state index contributed by atoms with van der Waals surface area (Å²) in [5.74, 6) is 0.833. The van der Waals surface area contributed by atoms with Gasteiger partial charge in [0.2, 0.25) is 0 Å². The van der Waals surface area contributed by atoms with Crippen LogP contribution in [0.15, 0.2) is 42.7 Å². The molecule has 0 amide bonds. The van der Waals surface area contributed by atoms with Crippen molar-refractivity contribution in [3.05, 3.63) is 47.7 Å². The highest BCUT2D eigenvalue weighted by molar-refractivity contribution is 6.31. The zero-order valence-electron chi connectivity index (χ0n) is 8.31. The monoisotopic (exact) mass is 229 g/mol. The summed E-state index contributed by atoms with van der Waals surface area (Å²) >= 11 is 5.92. The molecule has 0 bridgehead atoms. The summed E-state index contributed by atoms with van der Waals surface area (Å²) in [6.07, 6.45) is 3.49. The van der Waals surface area contributed by atoms with Gasteiger partial charge in [0.15, 0.2) is 0 Å². The molecule has 1 aromatic carbocycles. The second kappa shape index (κ2) is 3.61. The Morgan fingerprint density at radius 3 is 2.69 bits per heavy atom. The smallest absolute Gasteiger partial charge is 0.138 e. The summed E-state index contributed by atoms with van der Waals surface area (Å²) in [4.78, 5) is 11.7. The van der Waals surface area contributed by atoms with Crippen molar-refractivity contribution in [3.63, 3.8) is 0 Å². The second-order valence-electron chi connectivity index (χ2n) is 3.48. The van der Waals surface area contributed by atoms with Crippen LogP contribution < -0.4 is 0 Å². The Hall–Kier alpha value is -1.87. The lowest BCUT2D eigenvalue weighted by molar-refractivity contribution is 1.28. The number of fused-ring (bicyclic) bond motifs is 1. The molecule has 4 heteroatoms. The number of pyridine rings is 1.